The largest absolute Gasteiger partial charge is 0.355 e. The quantitative estimate of drug-likeness (QED) is 0.0439. The minimum absolute atomic E-state index is 0.0577. The van der Waals surface area contributed by atoms with E-state index in [4.69, 9.17) is 19.9 Å². The van der Waals surface area contributed by atoms with Crippen molar-refractivity contribution in [1.29, 1.82) is 0 Å². The number of aryl methyl sites for hydroxylation is 8. The van der Waals surface area contributed by atoms with Crippen LogP contribution in [0.25, 0.3) is 122 Å². The topological polar surface area (TPSA) is 158 Å². The fourth-order valence-electron chi connectivity index (χ4n) is 16.9. The molecule has 4 aliphatic rings. The molecule has 11 heteroatoms. The summed E-state index contributed by atoms with van der Waals surface area (Å²) in [6.07, 6.45) is 13.1. The summed E-state index contributed by atoms with van der Waals surface area (Å²) >= 11 is 0. The highest BCUT2D eigenvalue weighted by molar-refractivity contribution is 6.07. The number of allylic oxidation sites excluding steroid dienone is 8. The summed E-state index contributed by atoms with van der Waals surface area (Å²) in [5.41, 5.74) is 42.1. The van der Waals surface area contributed by atoms with Crippen LogP contribution in [0.2, 0.25) is 0 Å². The van der Waals surface area contributed by atoms with E-state index >= 15 is 0 Å². The fourth-order valence-corrected chi connectivity index (χ4v) is 16.9. The number of nitro benzene ring substituents is 1. The van der Waals surface area contributed by atoms with E-state index in [1.165, 1.54) is 72.4 Å². The van der Waals surface area contributed by atoms with E-state index in [0.717, 1.165) is 231 Å². The fraction of sp³-hybridized carbons (Fsp3) is 0.381. The zero-order valence-corrected chi connectivity index (χ0v) is 59.4. The molecule has 0 unspecified atom stereocenters. The van der Waals surface area contributed by atoms with E-state index < -0.39 is 0 Å². The van der Waals surface area contributed by atoms with Crippen LogP contribution >= 0.6 is 0 Å². The number of H-pyrrole nitrogens is 4. The Balaban J connectivity index is 1.23. The maximum atomic E-state index is 13.1. The van der Waals surface area contributed by atoms with Gasteiger partial charge in [0.15, 0.2) is 0 Å². The molecule has 0 saturated heterocycles. The van der Waals surface area contributed by atoms with Gasteiger partial charge in [-0.2, -0.15) is 0 Å². The molecule has 0 atom stereocenters. The number of hydrogen-bond donors (Lipinski definition) is 4. The average molecular weight is 1260 g/mol. The monoisotopic (exact) mass is 1260 g/mol. The van der Waals surface area contributed by atoms with Gasteiger partial charge in [-0.05, 0) is 239 Å². The third-order valence-corrected chi connectivity index (χ3v) is 21.2. The molecule has 95 heavy (non-hydrogen) atoms. The minimum atomic E-state index is -0.246. The molecule has 0 aliphatic carbocycles. The van der Waals surface area contributed by atoms with Crippen LogP contribution < -0.4 is 0 Å². The van der Waals surface area contributed by atoms with Crippen molar-refractivity contribution in [3.63, 3.8) is 0 Å². The molecule has 0 saturated carbocycles. The zero-order chi connectivity index (χ0) is 67.3. The molecular formula is C84H97N9O2. The molecule has 6 aromatic heterocycles. The first-order chi connectivity index (χ1) is 46.2. The van der Waals surface area contributed by atoms with Gasteiger partial charge in [-0.3, -0.25) is 10.1 Å². The molecule has 2 aromatic carbocycles. The molecule has 0 amide bonds. The summed E-state index contributed by atoms with van der Waals surface area (Å²) in [4.78, 5) is 52.3. The molecule has 0 spiro atoms. The lowest BCUT2D eigenvalue weighted by molar-refractivity contribution is -0.384. The van der Waals surface area contributed by atoms with Crippen LogP contribution in [0, 0.1) is 10.1 Å². The molecule has 12 rings (SSSR count). The van der Waals surface area contributed by atoms with Crippen LogP contribution in [0.15, 0.2) is 78.9 Å². The van der Waals surface area contributed by atoms with Crippen molar-refractivity contribution >= 4 is 94.4 Å². The molecule has 8 aromatic rings. The Kier molecular flexibility index (Phi) is 19.1. The van der Waals surface area contributed by atoms with E-state index in [-0.39, 0.29) is 10.6 Å². The number of aromatic amines is 4. The predicted octanol–water partition coefficient (Wildman–Crippen LogP) is 23.3. The van der Waals surface area contributed by atoms with Gasteiger partial charge >= 0.3 is 0 Å². The Morgan fingerprint density at radius 3 is 0.874 bits per heavy atom. The molecule has 0 radical (unpaired) electrons. The first-order valence-electron chi connectivity index (χ1n) is 36.1. The predicted molar refractivity (Wildman–Crippen MR) is 403 cm³/mol. The van der Waals surface area contributed by atoms with Crippen LogP contribution in [0.1, 0.15) is 252 Å². The highest BCUT2D eigenvalue weighted by atomic mass is 16.6. The average Bonchev–Trinajstić information content (AvgIpc) is 1.62. The molecule has 0 fully saturated rings. The van der Waals surface area contributed by atoms with Gasteiger partial charge in [0.05, 0.1) is 72.6 Å². The molecule has 4 aliphatic heterocycles. The number of nitrogens with zero attached hydrogens (tertiary/aromatic N) is 5. The van der Waals surface area contributed by atoms with E-state index in [1.807, 2.05) is 12.1 Å². The van der Waals surface area contributed by atoms with E-state index in [0.29, 0.717) is 12.0 Å². The zero-order valence-electron chi connectivity index (χ0n) is 59.4. The molecular weight excluding hydrogens is 1170 g/mol. The lowest BCUT2D eigenvalue weighted by Crippen LogP contribution is -1.97. The number of para-hydroxylation sites is 1. The van der Waals surface area contributed by atoms with Gasteiger partial charge in [-0.1, -0.05) is 147 Å². The number of nitro groups is 1. The second-order valence-corrected chi connectivity index (χ2v) is 25.6. The van der Waals surface area contributed by atoms with Crippen LogP contribution in [0.4, 0.5) is 5.69 Å². The highest BCUT2D eigenvalue weighted by Gasteiger charge is 2.32. The van der Waals surface area contributed by atoms with Crippen molar-refractivity contribution in [3.05, 3.63) is 179 Å². The summed E-state index contributed by atoms with van der Waals surface area (Å²) in [5, 5.41) is 13.1. The number of rotatable bonds is 20. The molecule has 16 bridgehead atoms. The van der Waals surface area contributed by atoms with E-state index in [2.05, 4.69) is 185 Å². The highest BCUT2D eigenvalue weighted by Crippen LogP contribution is 2.49. The normalized spacial score (nSPS) is 13.4. The molecule has 10 heterocycles. The van der Waals surface area contributed by atoms with Crippen molar-refractivity contribution in [3.8, 4) is 33.4 Å². The van der Waals surface area contributed by atoms with Gasteiger partial charge in [0.2, 0.25) is 0 Å². The van der Waals surface area contributed by atoms with E-state index in [1.54, 1.807) is 12.1 Å². The van der Waals surface area contributed by atoms with Gasteiger partial charge in [0, 0.05) is 50.3 Å². The summed E-state index contributed by atoms with van der Waals surface area (Å²) < 4.78 is 0. The van der Waals surface area contributed by atoms with Gasteiger partial charge in [-0.25, -0.2) is 19.9 Å². The van der Waals surface area contributed by atoms with Crippen molar-refractivity contribution in [1.82, 2.24) is 39.9 Å². The number of hydrogen-bond acceptors (Lipinski definition) is 6. The van der Waals surface area contributed by atoms with Crippen LogP contribution in [-0.2, 0) is 51.4 Å². The third kappa shape index (κ3) is 10.9. The maximum Gasteiger partial charge on any atom is 0.277 e. The van der Waals surface area contributed by atoms with Gasteiger partial charge in [-0.15, -0.1) is 0 Å². The van der Waals surface area contributed by atoms with Crippen LogP contribution in [0.3, 0.4) is 0 Å². The summed E-state index contributed by atoms with van der Waals surface area (Å²) in [7, 11) is 0. The molecule has 11 nitrogen and oxygen atoms in total. The van der Waals surface area contributed by atoms with Crippen LogP contribution in [-0.4, -0.2) is 44.8 Å². The second kappa shape index (κ2) is 27.4. The van der Waals surface area contributed by atoms with Crippen molar-refractivity contribution < 1.29 is 4.92 Å². The van der Waals surface area contributed by atoms with Crippen molar-refractivity contribution in [2.75, 3.05) is 0 Å². The van der Waals surface area contributed by atoms with Gasteiger partial charge < -0.3 is 19.9 Å². The Morgan fingerprint density at radius 1 is 0.305 bits per heavy atom. The number of fused-ring (bicyclic) bond motifs is 16. The Labute approximate surface area is 562 Å². The summed E-state index contributed by atoms with van der Waals surface area (Å²) in [6.45, 7) is 36.2. The van der Waals surface area contributed by atoms with Gasteiger partial charge in [0.1, 0.15) is 0 Å². The Morgan fingerprint density at radius 2 is 0.568 bits per heavy atom. The third-order valence-electron chi connectivity index (χ3n) is 21.2. The lowest BCUT2D eigenvalue weighted by Gasteiger charge is -2.13. The summed E-state index contributed by atoms with van der Waals surface area (Å²) in [6, 6.07) is 28.2. The Bertz CT molecular complexity index is 4930. The second-order valence-electron chi connectivity index (χ2n) is 25.6. The minimum Gasteiger partial charge on any atom is -0.355 e. The maximum absolute atomic E-state index is 13.1. The van der Waals surface area contributed by atoms with E-state index in [9.17, 15) is 10.1 Å². The first kappa shape index (κ1) is 66.1. The summed E-state index contributed by atoms with van der Waals surface area (Å²) in [5.74, 6) is 0. The molecule has 490 valence electrons. The van der Waals surface area contributed by atoms with Gasteiger partial charge in [0.25, 0.3) is 5.69 Å². The van der Waals surface area contributed by atoms with Crippen LogP contribution in [0.5, 0.6) is 0 Å². The number of benzene rings is 2. The smallest absolute Gasteiger partial charge is 0.277 e. The lowest BCUT2D eigenvalue weighted by atomic mass is 9.90. The standard InChI is InChI=1S/C84H97N9O2/c1-17-48-50(19-3)67-42-69-52(21-5)58(27-11)79(87-69)76(80-59(28-12)53(22-6)70(88-80)43-68-51(20-4)49(18-2)66(86-68)41-65(48)85-67)46-37-39-47(40-38-46)77-81-60(29-13)54(23-7)71(89-81)44-73-56(25-9)62(31-15)83(91-73)78(64-35-33-34-36-75(64)93(94)95)84-63(32-16)57(26-10)74(92-84)45-72-55(24-8)61(30-14)82(77)90-72/h33-45,85,88-89,92H,17-32H2,1-16H3. The van der Waals surface area contributed by atoms with Crippen molar-refractivity contribution in [2.24, 2.45) is 0 Å². The SMILES string of the molecule is CCC1=C(CC)c2cc3[nH]c(c(CC)c3CC)c(-c3ccc(-c4c5nc(cc6[nH]c(c(CC)c6CC)c(-c6ccccc6[N+](=O)[O-])c6nc(cc7[nH]c4c(CC)c7CC)C(CC)=C6CC)C(CC)=C5CC)cc3)c3nc(cc4[nH]c(cc1n2)c(CC)c4CC)C(CC)=C3CC. The van der Waals surface area contributed by atoms with Crippen molar-refractivity contribution in [2.45, 2.75) is 214 Å². The Hall–Kier alpha value is -8.96. The number of aromatic nitrogens is 8. The molecule has 4 N–H and O–H groups in total. The number of nitrogens with one attached hydrogen (secondary N) is 4. The first-order valence-corrected chi connectivity index (χ1v) is 36.1.